The van der Waals surface area contributed by atoms with Crippen LogP contribution in [0.2, 0.25) is 5.02 Å². The Bertz CT molecular complexity index is 416. The molecule has 18 heavy (non-hydrogen) atoms. The molecule has 0 spiro atoms. The maximum atomic E-state index is 13.7. The Morgan fingerprint density at radius 2 is 2.28 bits per heavy atom. The van der Waals surface area contributed by atoms with E-state index in [1.54, 1.807) is 12.1 Å². The lowest BCUT2D eigenvalue weighted by Gasteiger charge is -2.43. The molecule has 1 saturated carbocycles. The van der Waals surface area contributed by atoms with Gasteiger partial charge in [-0.05, 0) is 26.1 Å². The zero-order chi connectivity index (χ0) is 13.1. The van der Waals surface area contributed by atoms with Crippen molar-refractivity contribution in [1.29, 1.82) is 0 Å². The Morgan fingerprint density at radius 3 is 2.94 bits per heavy atom. The number of rotatable bonds is 5. The predicted octanol–water partition coefficient (Wildman–Crippen LogP) is 2.62. The highest BCUT2D eigenvalue weighted by Gasteiger charge is 2.43. The van der Waals surface area contributed by atoms with E-state index in [-0.39, 0.29) is 29.0 Å². The van der Waals surface area contributed by atoms with E-state index >= 15 is 0 Å². The van der Waals surface area contributed by atoms with Crippen molar-refractivity contribution >= 4 is 11.6 Å². The maximum absolute atomic E-state index is 13.7. The summed E-state index contributed by atoms with van der Waals surface area (Å²) in [5, 5.41) is 3.23. The first-order valence-corrected chi connectivity index (χ1v) is 6.44. The number of benzene rings is 1. The van der Waals surface area contributed by atoms with Gasteiger partial charge < -0.3 is 14.8 Å². The lowest BCUT2D eigenvalue weighted by atomic mass is 9.85. The Morgan fingerprint density at radius 1 is 1.50 bits per heavy atom. The molecule has 0 heterocycles. The van der Waals surface area contributed by atoms with Gasteiger partial charge in [0.15, 0.2) is 11.6 Å². The number of nitrogens with one attached hydrogen (secondary N) is 1. The predicted molar refractivity (Wildman–Crippen MR) is 68.7 cm³/mol. The van der Waals surface area contributed by atoms with Gasteiger partial charge in [-0.25, -0.2) is 4.39 Å². The van der Waals surface area contributed by atoms with E-state index in [4.69, 9.17) is 21.1 Å². The molecule has 100 valence electrons. The van der Waals surface area contributed by atoms with Crippen molar-refractivity contribution in [3.05, 3.63) is 29.0 Å². The largest absolute Gasteiger partial charge is 0.484 e. The summed E-state index contributed by atoms with van der Waals surface area (Å²) < 4.78 is 24.9. The summed E-state index contributed by atoms with van der Waals surface area (Å²) in [6.07, 6.45) is 0.626. The zero-order valence-corrected chi connectivity index (χ0v) is 11.2. The van der Waals surface area contributed by atoms with Crippen LogP contribution < -0.4 is 10.1 Å². The van der Waals surface area contributed by atoms with Crippen molar-refractivity contribution in [1.82, 2.24) is 5.32 Å². The van der Waals surface area contributed by atoms with Crippen LogP contribution in [0.25, 0.3) is 0 Å². The molecule has 2 rings (SSSR count). The summed E-state index contributed by atoms with van der Waals surface area (Å²) in [7, 11) is 1.88. The Kier molecular flexibility index (Phi) is 4.43. The van der Waals surface area contributed by atoms with Gasteiger partial charge in [-0.3, -0.25) is 0 Å². The molecule has 3 unspecified atom stereocenters. The molecule has 0 saturated heterocycles. The standard InChI is InChI=1S/C13H17ClFNO2/c1-3-17-13-9(16-2)7-11(13)18-10-6-4-5-8(14)12(10)15/h4-6,9,11,13,16H,3,7H2,1-2H3. The van der Waals surface area contributed by atoms with Crippen molar-refractivity contribution in [2.75, 3.05) is 13.7 Å². The summed E-state index contributed by atoms with van der Waals surface area (Å²) in [5.74, 6) is -0.325. The Hall–Kier alpha value is -0.840. The zero-order valence-electron chi connectivity index (χ0n) is 10.5. The second-order valence-corrected chi connectivity index (χ2v) is 4.67. The van der Waals surface area contributed by atoms with Crippen LogP contribution in [0, 0.1) is 5.82 Å². The van der Waals surface area contributed by atoms with Crippen LogP contribution in [0.3, 0.4) is 0 Å². The SMILES string of the molecule is CCOC1C(NC)CC1Oc1cccc(Cl)c1F. The van der Waals surface area contributed by atoms with Crippen LogP contribution in [-0.4, -0.2) is 31.9 Å². The number of ether oxygens (including phenoxy) is 2. The van der Waals surface area contributed by atoms with E-state index < -0.39 is 5.82 Å². The van der Waals surface area contributed by atoms with Crippen molar-refractivity contribution < 1.29 is 13.9 Å². The van der Waals surface area contributed by atoms with Crippen LogP contribution in [0.4, 0.5) is 4.39 Å². The van der Waals surface area contributed by atoms with Crippen LogP contribution in [-0.2, 0) is 4.74 Å². The summed E-state index contributed by atoms with van der Waals surface area (Å²) in [6, 6.07) is 5.01. The van der Waals surface area contributed by atoms with Gasteiger partial charge in [0.2, 0.25) is 0 Å². The molecule has 0 amide bonds. The second-order valence-electron chi connectivity index (χ2n) is 4.26. The lowest BCUT2D eigenvalue weighted by Crippen LogP contribution is -2.60. The fourth-order valence-corrected chi connectivity index (χ4v) is 2.30. The molecule has 3 atom stereocenters. The molecule has 0 bridgehead atoms. The fraction of sp³-hybridized carbons (Fsp3) is 0.538. The molecule has 1 N–H and O–H groups in total. The molecule has 0 aliphatic heterocycles. The highest BCUT2D eigenvalue weighted by Crippen LogP contribution is 2.32. The van der Waals surface area contributed by atoms with Crippen LogP contribution >= 0.6 is 11.6 Å². The number of hydrogen-bond donors (Lipinski definition) is 1. The molecule has 0 aromatic heterocycles. The quantitative estimate of drug-likeness (QED) is 0.895. The van der Waals surface area contributed by atoms with E-state index in [2.05, 4.69) is 5.32 Å². The smallest absolute Gasteiger partial charge is 0.183 e. The van der Waals surface area contributed by atoms with E-state index in [9.17, 15) is 4.39 Å². The van der Waals surface area contributed by atoms with Gasteiger partial charge in [0, 0.05) is 19.1 Å². The van der Waals surface area contributed by atoms with Gasteiger partial charge in [-0.1, -0.05) is 17.7 Å². The van der Waals surface area contributed by atoms with Gasteiger partial charge in [0.05, 0.1) is 5.02 Å². The summed E-state index contributed by atoms with van der Waals surface area (Å²) in [5.41, 5.74) is 0. The molecular formula is C13H17ClFNO2. The van der Waals surface area contributed by atoms with Gasteiger partial charge >= 0.3 is 0 Å². The molecule has 3 nitrogen and oxygen atoms in total. The van der Waals surface area contributed by atoms with Crippen LogP contribution in [0.5, 0.6) is 5.75 Å². The minimum Gasteiger partial charge on any atom is -0.484 e. The third-order valence-corrected chi connectivity index (χ3v) is 3.47. The highest BCUT2D eigenvalue weighted by molar-refractivity contribution is 6.30. The van der Waals surface area contributed by atoms with Gasteiger partial charge in [0.1, 0.15) is 12.2 Å². The first kappa shape index (κ1) is 13.6. The monoisotopic (exact) mass is 273 g/mol. The van der Waals surface area contributed by atoms with Crippen molar-refractivity contribution in [3.63, 3.8) is 0 Å². The summed E-state index contributed by atoms with van der Waals surface area (Å²) in [6.45, 7) is 2.54. The van der Waals surface area contributed by atoms with Crippen LogP contribution in [0.15, 0.2) is 18.2 Å². The maximum Gasteiger partial charge on any atom is 0.183 e. The van der Waals surface area contributed by atoms with E-state index in [0.717, 1.165) is 6.42 Å². The number of halogens is 2. The van der Waals surface area contributed by atoms with Crippen molar-refractivity contribution in [2.24, 2.45) is 0 Å². The average molecular weight is 274 g/mol. The third-order valence-electron chi connectivity index (χ3n) is 3.17. The lowest BCUT2D eigenvalue weighted by molar-refractivity contribution is -0.103. The van der Waals surface area contributed by atoms with Crippen LogP contribution in [0.1, 0.15) is 13.3 Å². The topological polar surface area (TPSA) is 30.5 Å². The molecule has 1 aliphatic carbocycles. The molecule has 1 aromatic rings. The van der Waals surface area contributed by atoms with Gasteiger partial charge in [0.25, 0.3) is 0 Å². The Balaban J connectivity index is 2.03. The highest BCUT2D eigenvalue weighted by atomic mass is 35.5. The molecule has 0 radical (unpaired) electrons. The average Bonchev–Trinajstić information content (AvgIpc) is 2.36. The molecule has 5 heteroatoms. The first-order chi connectivity index (χ1) is 8.67. The van der Waals surface area contributed by atoms with Crippen molar-refractivity contribution in [3.8, 4) is 5.75 Å². The Labute approximate surface area is 111 Å². The van der Waals surface area contributed by atoms with E-state index in [1.807, 2.05) is 14.0 Å². The van der Waals surface area contributed by atoms with E-state index in [1.165, 1.54) is 6.07 Å². The van der Waals surface area contributed by atoms with Crippen molar-refractivity contribution in [2.45, 2.75) is 31.6 Å². The minimum atomic E-state index is -0.512. The molecule has 1 aromatic carbocycles. The minimum absolute atomic E-state index is 0.0432. The van der Waals surface area contributed by atoms with Gasteiger partial charge in [-0.15, -0.1) is 0 Å². The summed E-state index contributed by atoms with van der Waals surface area (Å²) >= 11 is 5.71. The van der Waals surface area contributed by atoms with E-state index in [0.29, 0.717) is 6.61 Å². The number of hydrogen-bond acceptors (Lipinski definition) is 3. The molecule has 1 fully saturated rings. The normalized spacial score (nSPS) is 26.8. The third kappa shape index (κ3) is 2.60. The first-order valence-electron chi connectivity index (χ1n) is 6.07. The number of likely N-dealkylation sites (N-methyl/N-ethyl adjacent to an activating group) is 1. The fourth-order valence-electron chi connectivity index (χ4n) is 2.13. The molecule has 1 aliphatic rings. The molecular weight excluding hydrogens is 257 g/mol. The van der Waals surface area contributed by atoms with Gasteiger partial charge in [-0.2, -0.15) is 0 Å². The summed E-state index contributed by atoms with van der Waals surface area (Å²) in [4.78, 5) is 0. The second kappa shape index (κ2) is 5.87.